The fraction of sp³-hybridized carbons (Fsp3) is 0.917. The molecule has 2 bridgehead atoms. The molecule has 17 heavy (non-hydrogen) atoms. The zero-order chi connectivity index (χ0) is 12.3. The van der Waals surface area contributed by atoms with Crippen molar-refractivity contribution >= 4 is 18.0 Å². The van der Waals surface area contributed by atoms with Crippen molar-refractivity contribution in [3.8, 4) is 0 Å². The standard InChI is InChI=1S/C12H20O4S/c1-17-4-2-3-15-11-5-10-8(6-13)9(7-14)12(11)16-10/h6,8-12,14H,2-5,7H2,1H3. The fourth-order valence-corrected chi connectivity index (χ4v) is 3.25. The van der Waals surface area contributed by atoms with Crippen LogP contribution in [0.5, 0.6) is 0 Å². The van der Waals surface area contributed by atoms with Gasteiger partial charge >= 0.3 is 0 Å². The molecular weight excluding hydrogens is 240 g/mol. The molecule has 5 unspecified atom stereocenters. The lowest BCUT2D eigenvalue weighted by Gasteiger charge is -2.28. The second-order valence-corrected chi connectivity index (χ2v) is 5.68. The van der Waals surface area contributed by atoms with Crippen LogP contribution in [0, 0.1) is 11.8 Å². The molecule has 2 saturated heterocycles. The highest BCUT2D eigenvalue weighted by Crippen LogP contribution is 2.43. The molecule has 2 heterocycles. The lowest BCUT2D eigenvalue weighted by molar-refractivity contribution is -0.114. The minimum atomic E-state index is -0.143. The maximum absolute atomic E-state index is 10.9. The number of rotatable bonds is 7. The monoisotopic (exact) mass is 260 g/mol. The number of hydrogen-bond acceptors (Lipinski definition) is 5. The summed E-state index contributed by atoms with van der Waals surface area (Å²) in [4.78, 5) is 10.9. The minimum absolute atomic E-state index is 0.00917. The van der Waals surface area contributed by atoms with Gasteiger partial charge in [-0.3, -0.25) is 0 Å². The van der Waals surface area contributed by atoms with E-state index in [4.69, 9.17) is 9.47 Å². The lowest BCUT2D eigenvalue weighted by atomic mass is 9.79. The van der Waals surface area contributed by atoms with Crippen molar-refractivity contribution in [1.29, 1.82) is 0 Å². The number of aliphatic hydroxyl groups is 1. The van der Waals surface area contributed by atoms with E-state index in [1.54, 1.807) is 0 Å². The molecule has 0 saturated carbocycles. The van der Waals surface area contributed by atoms with Gasteiger partial charge in [0.25, 0.3) is 0 Å². The first-order chi connectivity index (χ1) is 8.31. The Hall–Kier alpha value is -0.100. The molecule has 0 aliphatic carbocycles. The van der Waals surface area contributed by atoms with Crippen LogP contribution in [-0.2, 0) is 14.3 Å². The number of aldehydes is 1. The van der Waals surface area contributed by atoms with Crippen LogP contribution in [0.3, 0.4) is 0 Å². The second kappa shape index (κ2) is 6.18. The summed E-state index contributed by atoms with van der Waals surface area (Å²) in [7, 11) is 0. The van der Waals surface area contributed by atoms with E-state index in [-0.39, 0.29) is 36.8 Å². The molecule has 4 nitrogen and oxygen atoms in total. The van der Waals surface area contributed by atoms with Gasteiger partial charge in [-0.2, -0.15) is 11.8 Å². The van der Waals surface area contributed by atoms with E-state index >= 15 is 0 Å². The first kappa shape index (κ1) is 13.3. The summed E-state index contributed by atoms with van der Waals surface area (Å²) in [6.45, 7) is 0.747. The van der Waals surface area contributed by atoms with Crippen LogP contribution in [-0.4, -0.2) is 54.9 Å². The summed E-state index contributed by atoms with van der Waals surface area (Å²) in [5.41, 5.74) is 0. The Labute approximate surface area is 106 Å². The van der Waals surface area contributed by atoms with Gasteiger partial charge in [0, 0.05) is 31.5 Å². The average molecular weight is 260 g/mol. The van der Waals surface area contributed by atoms with Gasteiger partial charge in [-0.1, -0.05) is 0 Å². The van der Waals surface area contributed by atoms with Gasteiger partial charge in [-0.15, -0.1) is 0 Å². The van der Waals surface area contributed by atoms with Gasteiger partial charge < -0.3 is 19.4 Å². The number of ether oxygens (including phenoxy) is 2. The summed E-state index contributed by atoms with van der Waals surface area (Å²) < 4.78 is 11.5. The zero-order valence-electron chi connectivity index (χ0n) is 10.1. The quantitative estimate of drug-likeness (QED) is 0.540. The van der Waals surface area contributed by atoms with Crippen molar-refractivity contribution in [2.75, 3.05) is 25.2 Å². The molecular formula is C12H20O4S. The fourth-order valence-electron chi connectivity index (χ4n) is 2.84. The topological polar surface area (TPSA) is 55.8 Å². The van der Waals surface area contributed by atoms with E-state index in [1.165, 1.54) is 0 Å². The molecule has 0 amide bonds. The molecule has 5 heteroatoms. The SMILES string of the molecule is CSCCCOC1CC2OC1C(CO)C2C=O. The maximum atomic E-state index is 10.9. The predicted octanol–water partition coefficient (Wildman–Crippen LogP) is 0.719. The minimum Gasteiger partial charge on any atom is -0.396 e. The highest BCUT2D eigenvalue weighted by Gasteiger charge is 2.54. The van der Waals surface area contributed by atoms with Gasteiger partial charge in [-0.05, 0) is 18.4 Å². The van der Waals surface area contributed by atoms with E-state index < -0.39 is 0 Å². The smallest absolute Gasteiger partial charge is 0.126 e. The van der Waals surface area contributed by atoms with Crippen molar-refractivity contribution in [3.63, 3.8) is 0 Å². The van der Waals surface area contributed by atoms with Crippen LogP contribution in [0.1, 0.15) is 12.8 Å². The van der Waals surface area contributed by atoms with Gasteiger partial charge in [0.15, 0.2) is 0 Å². The first-order valence-electron chi connectivity index (χ1n) is 6.14. The number of thioether (sulfide) groups is 1. The number of carbonyl (C=O) groups excluding carboxylic acids is 1. The molecule has 2 aliphatic heterocycles. The Morgan fingerprint density at radius 1 is 1.59 bits per heavy atom. The van der Waals surface area contributed by atoms with Gasteiger partial charge in [0.1, 0.15) is 6.29 Å². The number of hydrogen-bond donors (Lipinski definition) is 1. The van der Waals surface area contributed by atoms with Crippen LogP contribution < -0.4 is 0 Å². The third kappa shape index (κ3) is 2.67. The molecule has 0 aromatic heterocycles. The number of carbonyl (C=O) groups is 1. The lowest BCUT2D eigenvalue weighted by Crippen LogP contribution is -2.40. The largest absolute Gasteiger partial charge is 0.396 e. The Bertz CT molecular complexity index is 261. The van der Waals surface area contributed by atoms with Crippen LogP contribution >= 0.6 is 11.8 Å². The van der Waals surface area contributed by atoms with Crippen molar-refractivity contribution < 1.29 is 19.4 Å². The molecule has 2 rings (SSSR count). The molecule has 0 spiro atoms. The summed E-state index contributed by atoms with van der Waals surface area (Å²) in [5, 5.41) is 9.32. The third-order valence-electron chi connectivity index (χ3n) is 3.70. The molecule has 0 radical (unpaired) electrons. The highest BCUT2D eigenvalue weighted by atomic mass is 32.2. The molecule has 5 atom stereocenters. The van der Waals surface area contributed by atoms with Crippen molar-refractivity contribution in [1.82, 2.24) is 0 Å². The Kier molecular flexibility index (Phi) is 4.85. The van der Waals surface area contributed by atoms with E-state index in [9.17, 15) is 9.90 Å². The van der Waals surface area contributed by atoms with Crippen molar-refractivity contribution in [2.24, 2.45) is 11.8 Å². The molecule has 2 fully saturated rings. The summed E-state index contributed by atoms with van der Waals surface area (Å²) >= 11 is 1.81. The second-order valence-electron chi connectivity index (χ2n) is 4.69. The van der Waals surface area contributed by atoms with Gasteiger partial charge in [0.05, 0.1) is 18.3 Å². The van der Waals surface area contributed by atoms with Gasteiger partial charge in [0.2, 0.25) is 0 Å². The summed E-state index contributed by atoms with van der Waals surface area (Å²) in [6, 6.07) is 0. The van der Waals surface area contributed by atoms with E-state index in [1.807, 2.05) is 11.8 Å². The van der Waals surface area contributed by atoms with E-state index in [0.717, 1.165) is 31.5 Å². The number of aliphatic hydroxyl groups excluding tert-OH is 1. The van der Waals surface area contributed by atoms with Crippen LogP contribution in [0.2, 0.25) is 0 Å². The van der Waals surface area contributed by atoms with Crippen LogP contribution in [0.4, 0.5) is 0 Å². The maximum Gasteiger partial charge on any atom is 0.126 e. The highest BCUT2D eigenvalue weighted by molar-refractivity contribution is 7.98. The number of fused-ring (bicyclic) bond motifs is 2. The molecule has 0 aromatic carbocycles. The molecule has 0 aromatic rings. The average Bonchev–Trinajstić information content (AvgIpc) is 2.90. The van der Waals surface area contributed by atoms with E-state index in [2.05, 4.69) is 6.26 Å². The van der Waals surface area contributed by atoms with Crippen molar-refractivity contribution in [2.45, 2.75) is 31.2 Å². The van der Waals surface area contributed by atoms with Crippen LogP contribution in [0.15, 0.2) is 0 Å². The van der Waals surface area contributed by atoms with Gasteiger partial charge in [-0.25, -0.2) is 0 Å². The Morgan fingerprint density at radius 2 is 2.41 bits per heavy atom. The normalized spacial score (nSPS) is 39.8. The summed E-state index contributed by atoms with van der Waals surface area (Å²) in [6.07, 6.45) is 4.77. The van der Waals surface area contributed by atoms with Crippen LogP contribution in [0.25, 0.3) is 0 Å². The predicted molar refractivity (Wildman–Crippen MR) is 66.1 cm³/mol. The van der Waals surface area contributed by atoms with Crippen molar-refractivity contribution in [3.05, 3.63) is 0 Å². The molecule has 98 valence electrons. The Morgan fingerprint density at radius 3 is 3.06 bits per heavy atom. The Balaban J connectivity index is 1.82. The molecule has 2 aliphatic rings. The molecule has 1 N–H and O–H groups in total. The van der Waals surface area contributed by atoms with E-state index in [0.29, 0.717) is 0 Å². The third-order valence-corrected chi connectivity index (χ3v) is 4.40. The summed E-state index contributed by atoms with van der Waals surface area (Å²) in [5.74, 6) is 0.884. The zero-order valence-corrected chi connectivity index (χ0v) is 10.9. The first-order valence-corrected chi connectivity index (χ1v) is 7.53.